The standard InChI is InChI=1S/C10H6FN3S/c11-8-5-7(6-12)1-2-9(8)15-10-13-3-4-14-10/h1-5H,(H,13,14). The van der Waals surface area contributed by atoms with E-state index in [1.165, 1.54) is 17.8 Å². The van der Waals surface area contributed by atoms with Crippen LogP contribution in [0.4, 0.5) is 4.39 Å². The molecule has 2 rings (SSSR count). The number of aromatic nitrogens is 2. The second-order valence-electron chi connectivity index (χ2n) is 2.75. The van der Waals surface area contributed by atoms with Crippen molar-refractivity contribution in [3.63, 3.8) is 0 Å². The zero-order chi connectivity index (χ0) is 10.7. The molecule has 3 nitrogen and oxygen atoms in total. The van der Waals surface area contributed by atoms with E-state index in [4.69, 9.17) is 5.26 Å². The predicted octanol–water partition coefficient (Wildman–Crippen LogP) is 2.57. The summed E-state index contributed by atoms with van der Waals surface area (Å²) < 4.78 is 13.4. The van der Waals surface area contributed by atoms with Crippen LogP contribution in [0.5, 0.6) is 0 Å². The number of rotatable bonds is 2. The summed E-state index contributed by atoms with van der Waals surface area (Å²) in [5, 5.41) is 9.19. The van der Waals surface area contributed by atoms with Gasteiger partial charge in [0.05, 0.1) is 16.5 Å². The van der Waals surface area contributed by atoms with Crippen molar-refractivity contribution in [2.45, 2.75) is 10.1 Å². The van der Waals surface area contributed by atoms with Crippen LogP contribution in [0.2, 0.25) is 0 Å². The highest BCUT2D eigenvalue weighted by molar-refractivity contribution is 7.99. The Balaban J connectivity index is 2.27. The van der Waals surface area contributed by atoms with Crippen molar-refractivity contribution in [3.05, 3.63) is 42.0 Å². The van der Waals surface area contributed by atoms with Gasteiger partial charge in [0.15, 0.2) is 5.16 Å². The lowest BCUT2D eigenvalue weighted by Crippen LogP contribution is -1.84. The van der Waals surface area contributed by atoms with E-state index in [1.54, 1.807) is 24.5 Å². The van der Waals surface area contributed by atoms with Crippen LogP contribution in [0, 0.1) is 17.1 Å². The fraction of sp³-hybridized carbons (Fsp3) is 0. The van der Waals surface area contributed by atoms with Crippen LogP contribution in [0.3, 0.4) is 0 Å². The summed E-state index contributed by atoms with van der Waals surface area (Å²) >= 11 is 1.19. The number of benzene rings is 1. The van der Waals surface area contributed by atoms with Gasteiger partial charge in [0, 0.05) is 12.4 Å². The molecule has 1 aromatic carbocycles. The zero-order valence-electron chi connectivity index (χ0n) is 7.57. The van der Waals surface area contributed by atoms with Crippen LogP contribution in [0.15, 0.2) is 40.6 Å². The third-order valence-corrected chi connectivity index (χ3v) is 2.71. The lowest BCUT2D eigenvalue weighted by molar-refractivity contribution is 0.601. The molecule has 0 aliphatic rings. The maximum absolute atomic E-state index is 13.4. The quantitative estimate of drug-likeness (QED) is 0.844. The first kappa shape index (κ1) is 9.74. The van der Waals surface area contributed by atoms with E-state index < -0.39 is 5.82 Å². The molecule has 0 saturated carbocycles. The van der Waals surface area contributed by atoms with Crippen LogP contribution in [-0.4, -0.2) is 9.97 Å². The van der Waals surface area contributed by atoms with Gasteiger partial charge in [-0.1, -0.05) is 0 Å². The maximum atomic E-state index is 13.4. The molecule has 0 bridgehead atoms. The molecular formula is C10H6FN3S. The zero-order valence-corrected chi connectivity index (χ0v) is 8.38. The smallest absolute Gasteiger partial charge is 0.170 e. The minimum absolute atomic E-state index is 0.316. The van der Waals surface area contributed by atoms with Crippen LogP contribution in [-0.2, 0) is 0 Å². The Morgan fingerprint density at radius 1 is 1.47 bits per heavy atom. The van der Waals surface area contributed by atoms with Gasteiger partial charge >= 0.3 is 0 Å². The summed E-state index contributed by atoms with van der Waals surface area (Å²) in [6.45, 7) is 0. The molecule has 0 radical (unpaired) electrons. The summed E-state index contributed by atoms with van der Waals surface area (Å²) in [5.74, 6) is -0.407. The second kappa shape index (κ2) is 4.15. The monoisotopic (exact) mass is 219 g/mol. The largest absolute Gasteiger partial charge is 0.339 e. The normalized spacial score (nSPS) is 9.87. The third-order valence-electron chi connectivity index (χ3n) is 1.74. The van der Waals surface area contributed by atoms with E-state index in [2.05, 4.69) is 9.97 Å². The van der Waals surface area contributed by atoms with E-state index in [0.29, 0.717) is 15.6 Å². The van der Waals surface area contributed by atoms with Gasteiger partial charge in [-0.3, -0.25) is 0 Å². The Labute approximate surface area is 90.0 Å². The van der Waals surface area contributed by atoms with Crippen LogP contribution < -0.4 is 0 Å². The maximum Gasteiger partial charge on any atom is 0.170 e. The molecule has 2 aromatic rings. The fourth-order valence-corrected chi connectivity index (χ4v) is 1.81. The lowest BCUT2D eigenvalue weighted by atomic mass is 10.2. The summed E-state index contributed by atoms with van der Waals surface area (Å²) in [6, 6.07) is 6.24. The number of nitrogens with one attached hydrogen (secondary N) is 1. The van der Waals surface area contributed by atoms with Crippen molar-refractivity contribution in [1.29, 1.82) is 5.26 Å². The molecular weight excluding hydrogens is 213 g/mol. The number of halogens is 1. The van der Waals surface area contributed by atoms with Crippen molar-refractivity contribution in [2.75, 3.05) is 0 Å². The minimum Gasteiger partial charge on any atom is -0.339 e. The minimum atomic E-state index is -0.407. The molecule has 0 saturated heterocycles. The van der Waals surface area contributed by atoms with E-state index in [9.17, 15) is 4.39 Å². The lowest BCUT2D eigenvalue weighted by Gasteiger charge is -1.99. The molecule has 0 unspecified atom stereocenters. The Morgan fingerprint density at radius 3 is 2.93 bits per heavy atom. The Hall–Kier alpha value is -1.80. The third kappa shape index (κ3) is 2.17. The first-order valence-corrected chi connectivity index (χ1v) is 4.98. The van der Waals surface area contributed by atoms with E-state index in [0.717, 1.165) is 0 Å². The number of nitriles is 1. The highest BCUT2D eigenvalue weighted by atomic mass is 32.2. The number of hydrogen-bond donors (Lipinski definition) is 1. The van der Waals surface area contributed by atoms with Gasteiger partial charge in [0.25, 0.3) is 0 Å². The molecule has 0 aliphatic carbocycles. The summed E-state index contributed by atoms with van der Waals surface area (Å²) in [5.41, 5.74) is 0.316. The molecule has 74 valence electrons. The van der Waals surface area contributed by atoms with Gasteiger partial charge < -0.3 is 4.98 Å². The molecule has 1 heterocycles. The summed E-state index contributed by atoms with van der Waals surface area (Å²) in [7, 11) is 0. The molecule has 0 atom stereocenters. The SMILES string of the molecule is N#Cc1ccc(Sc2ncc[nH]2)c(F)c1. The number of imidazole rings is 1. The van der Waals surface area contributed by atoms with E-state index in [1.807, 2.05) is 6.07 Å². The van der Waals surface area contributed by atoms with Gasteiger partial charge in [-0.25, -0.2) is 9.37 Å². The first-order valence-electron chi connectivity index (χ1n) is 4.16. The van der Waals surface area contributed by atoms with Crippen molar-refractivity contribution in [1.82, 2.24) is 9.97 Å². The Bertz CT molecular complexity index is 502. The van der Waals surface area contributed by atoms with Gasteiger partial charge in [-0.15, -0.1) is 0 Å². The predicted molar refractivity (Wildman–Crippen MR) is 53.8 cm³/mol. The fourth-order valence-electron chi connectivity index (χ4n) is 1.06. The number of aromatic amines is 1. The van der Waals surface area contributed by atoms with Gasteiger partial charge in [-0.2, -0.15) is 5.26 Å². The van der Waals surface area contributed by atoms with Crippen LogP contribution >= 0.6 is 11.8 Å². The second-order valence-corrected chi connectivity index (χ2v) is 3.78. The average Bonchev–Trinajstić information content (AvgIpc) is 2.74. The Morgan fingerprint density at radius 2 is 2.33 bits per heavy atom. The first-order chi connectivity index (χ1) is 7.29. The van der Waals surface area contributed by atoms with Crippen molar-refractivity contribution in [2.24, 2.45) is 0 Å². The molecule has 5 heteroatoms. The number of H-pyrrole nitrogens is 1. The highest BCUT2D eigenvalue weighted by Crippen LogP contribution is 2.27. The summed E-state index contributed by atoms with van der Waals surface area (Å²) in [6.07, 6.45) is 3.27. The molecule has 15 heavy (non-hydrogen) atoms. The number of hydrogen-bond acceptors (Lipinski definition) is 3. The Kier molecular flexibility index (Phi) is 2.70. The average molecular weight is 219 g/mol. The molecule has 1 N–H and O–H groups in total. The molecule has 0 aliphatic heterocycles. The van der Waals surface area contributed by atoms with E-state index >= 15 is 0 Å². The molecule has 0 spiro atoms. The van der Waals surface area contributed by atoms with Crippen molar-refractivity contribution >= 4 is 11.8 Å². The van der Waals surface area contributed by atoms with Crippen LogP contribution in [0.25, 0.3) is 0 Å². The molecule has 0 amide bonds. The van der Waals surface area contributed by atoms with Gasteiger partial charge in [0.2, 0.25) is 0 Å². The van der Waals surface area contributed by atoms with E-state index in [-0.39, 0.29) is 0 Å². The van der Waals surface area contributed by atoms with Crippen LogP contribution in [0.1, 0.15) is 5.56 Å². The van der Waals surface area contributed by atoms with Gasteiger partial charge in [0.1, 0.15) is 5.82 Å². The molecule has 1 aromatic heterocycles. The highest BCUT2D eigenvalue weighted by Gasteiger charge is 2.06. The summed E-state index contributed by atoms with van der Waals surface area (Å²) in [4.78, 5) is 7.28. The topological polar surface area (TPSA) is 52.5 Å². The van der Waals surface area contributed by atoms with Gasteiger partial charge in [-0.05, 0) is 30.0 Å². The van der Waals surface area contributed by atoms with Crippen molar-refractivity contribution < 1.29 is 4.39 Å². The number of nitrogens with zero attached hydrogens (tertiary/aromatic N) is 2. The van der Waals surface area contributed by atoms with Crippen molar-refractivity contribution in [3.8, 4) is 6.07 Å². The molecule has 0 fully saturated rings.